The molecule has 70 heavy (non-hydrogen) atoms. The topological polar surface area (TPSA) is 276 Å². The van der Waals surface area contributed by atoms with Crippen LogP contribution in [0, 0.1) is 0 Å². The van der Waals surface area contributed by atoms with Crippen LogP contribution in [0.25, 0.3) is 0 Å². The van der Waals surface area contributed by atoms with Gasteiger partial charge in [-0.3, -0.25) is 23.2 Å². The van der Waals surface area contributed by atoms with Gasteiger partial charge in [-0.25, -0.2) is 9.13 Å². The highest BCUT2D eigenvalue weighted by molar-refractivity contribution is 7.47. The van der Waals surface area contributed by atoms with Crippen LogP contribution in [0.2, 0.25) is 0 Å². The lowest BCUT2D eigenvalue weighted by molar-refractivity contribution is -0.216. The van der Waals surface area contributed by atoms with Crippen molar-refractivity contribution in [3.63, 3.8) is 0 Å². The third-order valence-corrected chi connectivity index (χ3v) is 12.3. The van der Waals surface area contributed by atoms with Gasteiger partial charge < -0.3 is 49.7 Å². The Morgan fingerprint density at radius 2 is 1.01 bits per heavy atom. The Labute approximate surface area is 416 Å². The fourth-order valence-corrected chi connectivity index (χ4v) is 8.38. The average molecular weight is 1030 g/mol. The Bertz CT molecular complexity index is 1730. The van der Waals surface area contributed by atoms with Crippen LogP contribution in [0.5, 0.6) is 0 Å². The van der Waals surface area contributed by atoms with Gasteiger partial charge in [0.25, 0.3) is 0 Å². The van der Waals surface area contributed by atoms with Gasteiger partial charge in [0.2, 0.25) is 0 Å². The number of aliphatic hydroxyl groups is 5. The first-order valence-corrected chi connectivity index (χ1v) is 27.9. The van der Waals surface area contributed by atoms with Gasteiger partial charge in [0.15, 0.2) is 6.10 Å². The van der Waals surface area contributed by atoms with Crippen molar-refractivity contribution in [1.29, 1.82) is 0 Å². The van der Waals surface area contributed by atoms with E-state index in [2.05, 4.69) is 67.0 Å². The van der Waals surface area contributed by atoms with Gasteiger partial charge >= 0.3 is 27.6 Å². The first-order valence-electron chi connectivity index (χ1n) is 24.9. The van der Waals surface area contributed by atoms with Crippen LogP contribution in [0.4, 0.5) is 0 Å². The quantitative estimate of drug-likeness (QED) is 0.00935. The number of rotatable bonds is 40. The zero-order valence-corrected chi connectivity index (χ0v) is 43.1. The molecule has 0 heterocycles. The highest BCUT2D eigenvalue weighted by Crippen LogP contribution is 2.49. The van der Waals surface area contributed by atoms with Crippen molar-refractivity contribution in [2.24, 2.45) is 0 Å². The minimum Gasteiger partial charge on any atom is -0.462 e. The van der Waals surface area contributed by atoms with Gasteiger partial charge in [-0.15, -0.1) is 0 Å². The summed E-state index contributed by atoms with van der Waals surface area (Å²) < 4.78 is 49.2. The molecule has 1 aliphatic carbocycles. The zero-order valence-electron chi connectivity index (χ0n) is 41.3. The molecule has 6 unspecified atom stereocenters. The number of unbranched alkanes of at least 4 members (excludes halogenated alkanes) is 9. The normalized spacial score (nSPS) is 22.3. The van der Waals surface area contributed by atoms with E-state index in [-0.39, 0.29) is 25.7 Å². The largest absolute Gasteiger partial charge is 0.472 e. The lowest BCUT2D eigenvalue weighted by atomic mass is 9.85. The Morgan fingerprint density at radius 3 is 1.59 bits per heavy atom. The molecular formula is C51H84O17P2. The number of esters is 2. The molecule has 19 heteroatoms. The summed E-state index contributed by atoms with van der Waals surface area (Å²) in [6.45, 7) is 2.85. The number of ether oxygens (including phenoxy) is 2. The Morgan fingerprint density at radius 1 is 0.529 bits per heavy atom. The molecule has 0 spiro atoms. The van der Waals surface area contributed by atoms with Crippen molar-refractivity contribution in [2.45, 2.75) is 198 Å². The van der Waals surface area contributed by atoms with Crippen LogP contribution in [-0.4, -0.2) is 114 Å². The van der Waals surface area contributed by atoms with E-state index in [9.17, 15) is 58.9 Å². The zero-order chi connectivity index (χ0) is 51.9. The maximum absolute atomic E-state index is 13.0. The van der Waals surface area contributed by atoms with Gasteiger partial charge in [0.05, 0.1) is 12.7 Å². The maximum atomic E-state index is 13.0. The Hall–Kier alpha value is -3.12. The summed E-state index contributed by atoms with van der Waals surface area (Å²) in [7, 11) is -10.8. The number of carbonyl (C=O) groups is 2. The van der Waals surface area contributed by atoms with E-state index in [0.29, 0.717) is 12.8 Å². The summed E-state index contributed by atoms with van der Waals surface area (Å²) in [6.07, 6.45) is 33.9. The van der Waals surface area contributed by atoms with Crippen molar-refractivity contribution >= 4 is 27.6 Å². The summed E-state index contributed by atoms with van der Waals surface area (Å²) in [4.78, 5) is 54.3. The summed E-state index contributed by atoms with van der Waals surface area (Å²) in [5, 5.41) is 51.6. The fraction of sp³-hybridized carbons (Fsp3) is 0.647. The Balaban J connectivity index is 2.71. The molecule has 0 bridgehead atoms. The molecule has 1 saturated carbocycles. The van der Waals surface area contributed by atoms with E-state index in [1.54, 1.807) is 18.2 Å². The minimum absolute atomic E-state index is 0.0473. The number of hydrogen-bond donors (Lipinski definition) is 8. The first-order chi connectivity index (χ1) is 33.5. The van der Waals surface area contributed by atoms with Gasteiger partial charge in [0, 0.05) is 12.8 Å². The molecule has 0 radical (unpaired) electrons. The molecular weight excluding hydrogens is 946 g/mol. The molecule has 17 nitrogen and oxygen atoms in total. The molecule has 1 fully saturated rings. The molecule has 0 amide bonds. The van der Waals surface area contributed by atoms with E-state index in [1.165, 1.54) is 57.8 Å². The van der Waals surface area contributed by atoms with Gasteiger partial charge in [0.1, 0.15) is 43.2 Å². The van der Waals surface area contributed by atoms with Crippen molar-refractivity contribution in [3.05, 3.63) is 97.2 Å². The fourth-order valence-electron chi connectivity index (χ4n) is 6.84. The van der Waals surface area contributed by atoms with Crippen LogP contribution in [0.15, 0.2) is 97.2 Å². The molecule has 1 aliphatic rings. The lowest BCUT2D eigenvalue weighted by Gasteiger charge is -2.43. The number of phosphoric acid groups is 2. The molecule has 1 rings (SSSR count). The number of aliphatic hydroxyl groups excluding tert-OH is 5. The minimum atomic E-state index is -5.40. The van der Waals surface area contributed by atoms with E-state index in [4.69, 9.17) is 18.5 Å². The van der Waals surface area contributed by atoms with Crippen LogP contribution < -0.4 is 0 Å². The molecule has 0 aromatic heterocycles. The highest BCUT2D eigenvalue weighted by Gasteiger charge is 2.54. The molecule has 0 saturated heterocycles. The van der Waals surface area contributed by atoms with Crippen molar-refractivity contribution < 1.29 is 82.0 Å². The van der Waals surface area contributed by atoms with E-state index >= 15 is 0 Å². The summed E-state index contributed by atoms with van der Waals surface area (Å²) in [5.41, 5.74) is 0. The van der Waals surface area contributed by atoms with Crippen LogP contribution >= 0.6 is 15.6 Å². The van der Waals surface area contributed by atoms with Crippen molar-refractivity contribution in [3.8, 4) is 0 Å². The summed E-state index contributed by atoms with van der Waals surface area (Å²) in [5.74, 6) is -1.51. The smallest absolute Gasteiger partial charge is 0.462 e. The van der Waals surface area contributed by atoms with E-state index < -0.39 is 89.6 Å². The predicted molar refractivity (Wildman–Crippen MR) is 270 cm³/mol. The second kappa shape index (κ2) is 40.4. The molecule has 8 N–H and O–H groups in total. The van der Waals surface area contributed by atoms with Crippen molar-refractivity contribution in [1.82, 2.24) is 0 Å². The standard InChI is InChI=1S/C51H84O17P2/c1-3-5-7-9-11-13-15-17-18-19-20-21-22-24-26-28-30-32-34-38-44(53)64-40-43(41-65-70(62,63)68-51-48(57)46(55)47(56)50(49(51)58)67-69(59,60)61)66-45(54)39-35-37-42(52)36-33-31-29-27-25-23-16-14-12-10-8-6-4-2/h11,13,17-18,20-21,23-26,29-33,36,42-43,46-52,55-58H,3-10,12,14-16,19,22,27-28,34-35,37-41H2,1-2H3,(H,62,63)(H2,59,60,61)/b13-11-,18-17-,21-20-,25-23+,26-24-,31-29+,32-30-,36-33+/t42?,43-,46?,47?,48?,49?,50-,51+/m1/s1. The van der Waals surface area contributed by atoms with Crippen LogP contribution in [0.3, 0.4) is 0 Å². The number of hydrogen-bond acceptors (Lipinski definition) is 14. The maximum Gasteiger partial charge on any atom is 0.472 e. The predicted octanol–water partition coefficient (Wildman–Crippen LogP) is 8.92. The number of phosphoric ester groups is 2. The number of carbonyl (C=O) groups excluding carboxylic acids is 2. The summed E-state index contributed by atoms with van der Waals surface area (Å²) >= 11 is 0. The van der Waals surface area contributed by atoms with Crippen LogP contribution in [0.1, 0.15) is 149 Å². The van der Waals surface area contributed by atoms with Crippen molar-refractivity contribution in [2.75, 3.05) is 13.2 Å². The molecule has 9 atom stereocenters. The third kappa shape index (κ3) is 34.3. The lowest BCUT2D eigenvalue weighted by Crippen LogP contribution is -2.64. The van der Waals surface area contributed by atoms with Gasteiger partial charge in [-0.2, -0.15) is 0 Å². The van der Waals surface area contributed by atoms with Gasteiger partial charge in [-0.05, 0) is 77.0 Å². The second-order valence-electron chi connectivity index (χ2n) is 17.0. The van der Waals surface area contributed by atoms with E-state index in [0.717, 1.165) is 38.5 Å². The van der Waals surface area contributed by atoms with Crippen LogP contribution in [-0.2, 0) is 41.8 Å². The Kier molecular flexibility index (Phi) is 37.4. The third-order valence-electron chi connectivity index (χ3n) is 10.7. The highest BCUT2D eigenvalue weighted by atomic mass is 31.2. The number of allylic oxidation sites excluding steroid dienone is 15. The molecule has 0 aliphatic heterocycles. The molecule has 0 aromatic rings. The molecule has 400 valence electrons. The van der Waals surface area contributed by atoms with Gasteiger partial charge in [-0.1, -0.05) is 156 Å². The van der Waals surface area contributed by atoms with E-state index in [1.807, 2.05) is 30.4 Å². The first kappa shape index (κ1) is 64.9. The average Bonchev–Trinajstić information content (AvgIpc) is 3.31. The monoisotopic (exact) mass is 1030 g/mol. The second-order valence-corrected chi connectivity index (χ2v) is 19.6. The molecule has 0 aromatic carbocycles. The summed E-state index contributed by atoms with van der Waals surface area (Å²) in [6, 6.07) is 0. The SMILES string of the molecule is CCCCC/C=C\C/C=C\C/C=C\C/C=C\C/C=C\CCC(=O)OC[C@H](COP(=O)(O)O[C@H]1C(O)C(O)C(O)[C@@H](OP(=O)(O)O)C1O)OC(=O)CCCC(O)/C=C/C=C/C/C=C/CCCCCCCC.